The molecule has 27 heavy (non-hydrogen) atoms. The topological polar surface area (TPSA) is 40.5 Å². The normalized spacial score (nSPS) is 11.9. The van der Waals surface area contributed by atoms with Crippen LogP contribution in [-0.4, -0.2) is 29.9 Å². The third kappa shape index (κ3) is 4.04. The first kappa shape index (κ1) is 19.1. The van der Waals surface area contributed by atoms with Gasteiger partial charge >= 0.3 is 0 Å². The van der Waals surface area contributed by atoms with E-state index < -0.39 is 0 Å². The van der Waals surface area contributed by atoms with E-state index in [0.717, 1.165) is 21.9 Å². The zero-order valence-electron chi connectivity index (χ0n) is 16.7. The number of aromatic hydroxyl groups is 1. The second-order valence-electron chi connectivity index (χ2n) is 8.41. The lowest BCUT2D eigenvalue weighted by Crippen LogP contribution is -2.17. The van der Waals surface area contributed by atoms with E-state index in [1.54, 1.807) is 0 Å². The van der Waals surface area contributed by atoms with Gasteiger partial charge in [-0.25, -0.2) is 0 Å². The summed E-state index contributed by atoms with van der Waals surface area (Å²) >= 11 is 0. The Kier molecular flexibility index (Phi) is 5.07. The highest BCUT2D eigenvalue weighted by Gasteiger charge is 2.23. The molecule has 3 heteroatoms. The van der Waals surface area contributed by atoms with Crippen molar-refractivity contribution in [2.24, 2.45) is 0 Å². The van der Waals surface area contributed by atoms with E-state index in [1.165, 1.54) is 0 Å². The third-order valence-electron chi connectivity index (χ3n) is 4.76. The lowest BCUT2D eigenvalue weighted by molar-refractivity contribution is 0.103. The molecule has 3 aromatic rings. The van der Waals surface area contributed by atoms with Gasteiger partial charge in [0.15, 0.2) is 5.78 Å². The predicted molar refractivity (Wildman–Crippen MR) is 112 cm³/mol. The van der Waals surface area contributed by atoms with Gasteiger partial charge in [0.1, 0.15) is 5.75 Å². The Hall–Kier alpha value is -2.65. The van der Waals surface area contributed by atoms with E-state index >= 15 is 0 Å². The van der Waals surface area contributed by atoms with Crippen LogP contribution in [0.3, 0.4) is 0 Å². The molecule has 0 fully saturated rings. The minimum absolute atomic E-state index is 0.0220. The van der Waals surface area contributed by atoms with Gasteiger partial charge in [-0.05, 0) is 48.5 Å². The van der Waals surface area contributed by atoms with Crippen LogP contribution in [0.15, 0.2) is 54.6 Å². The van der Waals surface area contributed by atoms with Crippen molar-refractivity contribution < 1.29 is 9.90 Å². The van der Waals surface area contributed by atoms with Crippen LogP contribution in [0.1, 0.15) is 47.8 Å². The molecular formula is C24H27NO2. The van der Waals surface area contributed by atoms with Crippen molar-refractivity contribution >= 4 is 16.6 Å². The van der Waals surface area contributed by atoms with Crippen LogP contribution >= 0.6 is 0 Å². The summed E-state index contributed by atoms with van der Waals surface area (Å²) in [6.07, 6.45) is 0. The van der Waals surface area contributed by atoms with Crippen LogP contribution in [0.25, 0.3) is 10.8 Å². The Morgan fingerprint density at radius 3 is 2.22 bits per heavy atom. The molecule has 0 heterocycles. The summed E-state index contributed by atoms with van der Waals surface area (Å²) in [5, 5.41) is 12.9. The summed E-state index contributed by atoms with van der Waals surface area (Å²) in [5.74, 6) is 0.262. The van der Waals surface area contributed by atoms with Crippen LogP contribution in [0.4, 0.5) is 0 Å². The maximum Gasteiger partial charge on any atom is 0.193 e. The van der Waals surface area contributed by atoms with Crippen molar-refractivity contribution in [2.45, 2.75) is 32.7 Å². The first-order chi connectivity index (χ1) is 12.7. The fourth-order valence-electron chi connectivity index (χ4n) is 3.36. The van der Waals surface area contributed by atoms with Crippen LogP contribution in [0, 0.1) is 0 Å². The number of ketones is 1. The second kappa shape index (κ2) is 7.16. The fourth-order valence-corrected chi connectivity index (χ4v) is 3.36. The van der Waals surface area contributed by atoms with E-state index in [4.69, 9.17) is 0 Å². The van der Waals surface area contributed by atoms with Crippen LogP contribution < -0.4 is 0 Å². The number of fused-ring (bicyclic) bond motifs is 1. The molecule has 0 bridgehead atoms. The Morgan fingerprint density at radius 1 is 0.926 bits per heavy atom. The van der Waals surface area contributed by atoms with Crippen molar-refractivity contribution in [1.82, 2.24) is 4.90 Å². The SMILES string of the molecule is CN(C)Cc1cc(C(=O)c2ccc3ccccc3c2)cc(C(C)(C)C)c1O. The van der Waals surface area contributed by atoms with E-state index in [1.807, 2.05) is 94.4 Å². The number of phenolic OH excluding ortho intramolecular Hbond substituents is 1. The molecule has 140 valence electrons. The minimum atomic E-state index is -0.259. The first-order valence-corrected chi connectivity index (χ1v) is 9.21. The molecule has 0 unspecified atom stereocenters. The van der Waals surface area contributed by atoms with Gasteiger partial charge < -0.3 is 10.0 Å². The Bertz CT molecular complexity index is 997. The number of carbonyl (C=O) groups is 1. The van der Waals surface area contributed by atoms with Crippen LogP contribution in [-0.2, 0) is 12.0 Å². The van der Waals surface area contributed by atoms with Gasteiger partial charge in [-0.2, -0.15) is 0 Å². The van der Waals surface area contributed by atoms with Gasteiger partial charge in [0.25, 0.3) is 0 Å². The van der Waals surface area contributed by atoms with E-state index in [2.05, 4.69) is 0 Å². The highest BCUT2D eigenvalue weighted by atomic mass is 16.3. The average Bonchev–Trinajstić information content (AvgIpc) is 2.61. The Morgan fingerprint density at radius 2 is 1.59 bits per heavy atom. The largest absolute Gasteiger partial charge is 0.507 e. The summed E-state index contributed by atoms with van der Waals surface area (Å²) < 4.78 is 0. The monoisotopic (exact) mass is 361 g/mol. The zero-order chi connectivity index (χ0) is 19.8. The maximum absolute atomic E-state index is 13.2. The number of nitrogens with zero attached hydrogens (tertiary/aromatic N) is 1. The Balaban J connectivity index is 2.12. The number of carbonyl (C=O) groups excluding carboxylic acids is 1. The minimum Gasteiger partial charge on any atom is -0.507 e. The molecule has 0 saturated heterocycles. The average molecular weight is 361 g/mol. The lowest BCUT2D eigenvalue weighted by atomic mass is 9.83. The van der Waals surface area contributed by atoms with Gasteiger partial charge in [0, 0.05) is 28.8 Å². The summed E-state index contributed by atoms with van der Waals surface area (Å²) in [4.78, 5) is 15.2. The molecule has 0 aliphatic rings. The van der Waals surface area contributed by atoms with Gasteiger partial charge in [-0.15, -0.1) is 0 Å². The first-order valence-electron chi connectivity index (χ1n) is 9.21. The molecule has 1 N–H and O–H groups in total. The molecular weight excluding hydrogens is 334 g/mol. The highest BCUT2D eigenvalue weighted by molar-refractivity contribution is 6.11. The molecule has 3 rings (SSSR count). The maximum atomic E-state index is 13.2. The number of phenols is 1. The third-order valence-corrected chi connectivity index (χ3v) is 4.76. The standard InChI is InChI=1S/C24H27NO2/c1-24(2,3)21-14-19(13-20(23(21)27)15-25(4)5)22(26)18-11-10-16-8-6-7-9-17(16)12-18/h6-14,27H,15H2,1-5H3. The molecule has 0 radical (unpaired) electrons. The summed E-state index contributed by atoms with van der Waals surface area (Å²) in [6, 6.07) is 17.5. The summed E-state index contributed by atoms with van der Waals surface area (Å²) in [6.45, 7) is 6.72. The van der Waals surface area contributed by atoms with E-state index in [9.17, 15) is 9.90 Å². The van der Waals surface area contributed by atoms with Gasteiger partial charge in [-0.1, -0.05) is 57.2 Å². The predicted octanol–water partition coefficient (Wildman–Crippen LogP) is 5.14. The quantitative estimate of drug-likeness (QED) is 0.655. The molecule has 0 atom stereocenters. The second-order valence-corrected chi connectivity index (χ2v) is 8.41. The molecule has 0 aromatic heterocycles. The van der Waals surface area contributed by atoms with Crippen molar-refractivity contribution in [3.8, 4) is 5.75 Å². The van der Waals surface area contributed by atoms with Crippen molar-refractivity contribution in [2.75, 3.05) is 14.1 Å². The van der Waals surface area contributed by atoms with Crippen molar-refractivity contribution in [3.05, 3.63) is 76.9 Å². The van der Waals surface area contributed by atoms with Crippen LogP contribution in [0.2, 0.25) is 0 Å². The number of rotatable bonds is 4. The van der Waals surface area contributed by atoms with Gasteiger partial charge in [0.2, 0.25) is 0 Å². The summed E-state index contributed by atoms with van der Waals surface area (Å²) in [5.41, 5.74) is 2.59. The molecule has 3 nitrogen and oxygen atoms in total. The smallest absolute Gasteiger partial charge is 0.193 e. The van der Waals surface area contributed by atoms with Crippen LogP contribution in [0.5, 0.6) is 5.75 Å². The fraction of sp³-hybridized carbons (Fsp3) is 0.292. The molecule has 3 aromatic carbocycles. The highest BCUT2D eigenvalue weighted by Crippen LogP contribution is 2.35. The number of hydrogen-bond acceptors (Lipinski definition) is 3. The molecule has 0 aliphatic carbocycles. The number of hydrogen-bond donors (Lipinski definition) is 1. The van der Waals surface area contributed by atoms with Gasteiger partial charge in [-0.3, -0.25) is 4.79 Å². The zero-order valence-corrected chi connectivity index (χ0v) is 16.7. The summed E-state index contributed by atoms with van der Waals surface area (Å²) in [7, 11) is 3.90. The van der Waals surface area contributed by atoms with Crippen molar-refractivity contribution in [3.63, 3.8) is 0 Å². The number of benzene rings is 3. The lowest BCUT2D eigenvalue weighted by Gasteiger charge is -2.24. The molecule has 0 saturated carbocycles. The molecule has 0 amide bonds. The Labute approximate surface area is 161 Å². The van der Waals surface area contributed by atoms with E-state index in [-0.39, 0.29) is 16.9 Å². The van der Waals surface area contributed by atoms with E-state index in [0.29, 0.717) is 17.7 Å². The molecule has 0 aliphatic heterocycles. The molecule has 0 spiro atoms. The van der Waals surface area contributed by atoms with Crippen molar-refractivity contribution in [1.29, 1.82) is 0 Å². The van der Waals surface area contributed by atoms with Gasteiger partial charge in [0.05, 0.1) is 0 Å².